The number of esters is 1. The molecule has 1 saturated heterocycles. The molecule has 0 amide bonds. The van der Waals surface area contributed by atoms with Crippen LogP contribution in [0.1, 0.15) is 27.2 Å². The highest BCUT2D eigenvalue weighted by molar-refractivity contribution is 5.90. The van der Waals surface area contributed by atoms with E-state index in [0.29, 0.717) is 11.3 Å². The third kappa shape index (κ3) is 7.15. The molecule has 1 aliphatic heterocycles. The molecule has 0 bridgehead atoms. The Balaban J connectivity index is 1.31. The lowest BCUT2D eigenvalue weighted by molar-refractivity contribution is 0.0383. The van der Waals surface area contributed by atoms with Crippen LogP contribution in [0, 0.1) is 0 Å². The van der Waals surface area contributed by atoms with Gasteiger partial charge in [0.25, 0.3) is 0 Å². The minimum atomic E-state index is -0.427. The van der Waals surface area contributed by atoms with Crippen LogP contribution in [0.25, 0.3) is 12.2 Å². The Labute approximate surface area is 205 Å². The van der Waals surface area contributed by atoms with Crippen molar-refractivity contribution in [3.8, 4) is 17.2 Å². The number of carbonyl (C=O) groups is 1. The van der Waals surface area contributed by atoms with E-state index in [0.717, 1.165) is 67.6 Å². The van der Waals surface area contributed by atoms with Gasteiger partial charge in [0.15, 0.2) is 0 Å². The van der Waals surface area contributed by atoms with Crippen molar-refractivity contribution >= 4 is 18.1 Å². The van der Waals surface area contributed by atoms with Crippen molar-refractivity contribution in [1.29, 1.82) is 0 Å². The van der Waals surface area contributed by atoms with Crippen LogP contribution in [0.5, 0.6) is 17.2 Å². The Bertz CT molecular complexity index is 1110. The number of rotatable bonds is 9. The number of hydrogen-bond donors (Lipinski definition) is 0. The van der Waals surface area contributed by atoms with Crippen molar-refractivity contribution in [3.05, 3.63) is 83.2 Å². The third-order valence-corrected chi connectivity index (χ3v) is 5.78. The predicted octanol–water partition coefficient (Wildman–Crippen LogP) is 4.36. The molecule has 0 unspecified atom stereocenters. The molecule has 1 fully saturated rings. The molecule has 0 aliphatic carbocycles. The highest BCUT2D eigenvalue weighted by Gasteiger charge is 2.12. The van der Waals surface area contributed by atoms with Gasteiger partial charge in [-0.2, -0.15) is 0 Å². The topological polar surface area (TPSA) is 70.1 Å². The van der Waals surface area contributed by atoms with Crippen molar-refractivity contribution in [1.82, 2.24) is 9.88 Å². The molecule has 4 rings (SSSR count). The second-order valence-corrected chi connectivity index (χ2v) is 8.18. The zero-order valence-electron chi connectivity index (χ0n) is 20.1. The first-order chi connectivity index (χ1) is 17.1. The molecule has 3 aromatic rings. The standard InChI is InChI=1S/C28H30N2O5/c1-32-26-17-22(18-27(19-26)33-2)4-3-21-5-9-25(10-6-21)35-28(31)23-7-8-24(29-20-23)11-12-30-13-15-34-16-14-30/h3-10,17-20H,11-16H2,1-2H3/b4-3+. The minimum absolute atomic E-state index is 0.427. The minimum Gasteiger partial charge on any atom is -0.497 e. The van der Waals surface area contributed by atoms with Gasteiger partial charge in [0.05, 0.1) is 33.0 Å². The molecule has 35 heavy (non-hydrogen) atoms. The fraction of sp³-hybridized carbons (Fsp3) is 0.286. The number of pyridine rings is 1. The van der Waals surface area contributed by atoms with E-state index in [-0.39, 0.29) is 0 Å². The first-order valence-electron chi connectivity index (χ1n) is 11.6. The summed E-state index contributed by atoms with van der Waals surface area (Å²) < 4.78 is 21.5. The summed E-state index contributed by atoms with van der Waals surface area (Å²) >= 11 is 0. The van der Waals surface area contributed by atoms with Gasteiger partial charge in [0.2, 0.25) is 0 Å². The lowest BCUT2D eigenvalue weighted by atomic mass is 10.1. The third-order valence-electron chi connectivity index (χ3n) is 5.78. The molecular weight excluding hydrogens is 444 g/mol. The highest BCUT2D eigenvalue weighted by atomic mass is 16.5. The number of hydrogen-bond acceptors (Lipinski definition) is 7. The zero-order valence-corrected chi connectivity index (χ0v) is 20.1. The van der Waals surface area contributed by atoms with Crippen LogP contribution in [0.3, 0.4) is 0 Å². The molecule has 1 aliphatic rings. The normalized spacial score (nSPS) is 14.1. The van der Waals surface area contributed by atoms with Gasteiger partial charge in [-0.1, -0.05) is 24.3 Å². The lowest BCUT2D eigenvalue weighted by Crippen LogP contribution is -2.37. The molecular formula is C28H30N2O5. The summed E-state index contributed by atoms with van der Waals surface area (Å²) in [6.45, 7) is 4.41. The van der Waals surface area contributed by atoms with E-state index in [9.17, 15) is 4.79 Å². The zero-order chi connectivity index (χ0) is 24.5. The average Bonchev–Trinajstić information content (AvgIpc) is 2.92. The molecule has 0 spiro atoms. The first-order valence-corrected chi connectivity index (χ1v) is 11.6. The Morgan fingerprint density at radius 1 is 0.914 bits per heavy atom. The maximum Gasteiger partial charge on any atom is 0.345 e. The Kier molecular flexibility index (Phi) is 8.48. The molecule has 0 N–H and O–H groups in total. The molecule has 7 heteroatoms. The summed E-state index contributed by atoms with van der Waals surface area (Å²) in [5.41, 5.74) is 3.31. The van der Waals surface area contributed by atoms with Gasteiger partial charge in [-0.15, -0.1) is 0 Å². The van der Waals surface area contributed by atoms with Crippen molar-refractivity contribution in [2.75, 3.05) is 47.1 Å². The molecule has 0 saturated carbocycles. The van der Waals surface area contributed by atoms with E-state index in [1.807, 2.05) is 48.6 Å². The predicted molar refractivity (Wildman–Crippen MR) is 135 cm³/mol. The van der Waals surface area contributed by atoms with Crippen molar-refractivity contribution < 1.29 is 23.7 Å². The van der Waals surface area contributed by atoms with Crippen LogP contribution in [0.2, 0.25) is 0 Å². The quantitative estimate of drug-likeness (QED) is 0.259. The average molecular weight is 475 g/mol. The van der Waals surface area contributed by atoms with Gasteiger partial charge in [-0.3, -0.25) is 9.88 Å². The Hall–Kier alpha value is -3.68. The summed E-state index contributed by atoms with van der Waals surface area (Å²) in [5, 5.41) is 0. The number of aromatic nitrogens is 1. The van der Waals surface area contributed by atoms with Crippen LogP contribution in [-0.2, 0) is 11.2 Å². The van der Waals surface area contributed by atoms with Crippen LogP contribution in [0.15, 0.2) is 60.8 Å². The van der Waals surface area contributed by atoms with E-state index >= 15 is 0 Å². The van der Waals surface area contributed by atoms with Gasteiger partial charge < -0.3 is 18.9 Å². The van der Waals surface area contributed by atoms with Crippen LogP contribution < -0.4 is 14.2 Å². The Morgan fingerprint density at radius 3 is 2.23 bits per heavy atom. The molecule has 7 nitrogen and oxygen atoms in total. The molecule has 0 radical (unpaired) electrons. The van der Waals surface area contributed by atoms with E-state index in [1.54, 1.807) is 38.6 Å². The van der Waals surface area contributed by atoms with Crippen LogP contribution in [-0.4, -0.2) is 62.9 Å². The van der Waals surface area contributed by atoms with E-state index in [4.69, 9.17) is 18.9 Å². The van der Waals surface area contributed by atoms with Crippen molar-refractivity contribution in [3.63, 3.8) is 0 Å². The second kappa shape index (κ2) is 12.1. The molecule has 0 atom stereocenters. The molecule has 2 aromatic carbocycles. The molecule has 182 valence electrons. The summed E-state index contributed by atoms with van der Waals surface area (Å²) in [6.07, 6.45) is 6.36. The number of nitrogens with zero attached hydrogens (tertiary/aromatic N) is 2. The van der Waals surface area contributed by atoms with Crippen molar-refractivity contribution in [2.45, 2.75) is 6.42 Å². The van der Waals surface area contributed by atoms with Crippen LogP contribution >= 0.6 is 0 Å². The summed E-state index contributed by atoms with van der Waals surface area (Å²) in [5.74, 6) is 1.51. The summed E-state index contributed by atoms with van der Waals surface area (Å²) in [7, 11) is 3.25. The van der Waals surface area contributed by atoms with E-state index in [2.05, 4.69) is 9.88 Å². The summed E-state index contributed by atoms with van der Waals surface area (Å²) in [6, 6.07) is 16.7. The number of ether oxygens (including phenoxy) is 4. The van der Waals surface area contributed by atoms with Gasteiger partial charge >= 0.3 is 5.97 Å². The van der Waals surface area contributed by atoms with Gasteiger partial charge in [-0.05, 0) is 47.5 Å². The number of benzene rings is 2. The smallest absolute Gasteiger partial charge is 0.345 e. The lowest BCUT2D eigenvalue weighted by Gasteiger charge is -2.26. The Morgan fingerprint density at radius 2 is 1.60 bits per heavy atom. The first kappa shape index (κ1) is 24.4. The molecule has 2 heterocycles. The van der Waals surface area contributed by atoms with Gasteiger partial charge in [0.1, 0.15) is 17.2 Å². The molecule has 1 aromatic heterocycles. The van der Waals surface area contributed by atoms with Crippen LogP contribution in [0.4, 0.5) is 0 Å². The summed E-state index contributed by atoms with van der Waals surface area (Å²) in [4.78, 5) is 19.3. The fourth-order valence-corrected chi connectivity index (χ4v) is 3.72. The highest BCUT2D eigenvalue weighted by Crippen LogP contribution is 2.24. The maximum atomic E-state index is 12.5. The second-order valence-electron chi connectivity index (χ2n) is 8.18. The van der Waals surface area contributed by atoms with E-state index in [1.165, 1.54) is 0 Å². The number of morpholine rings is 1. The fourth-order valence-electron chi connectivity index (χ4n) is 3.72. The number of carbonyl (C=O) groups excluding carboxylic acids is 1. The largest absolute Gasteiger partial charge is 0.497 e. The number of methoxy groups -OCH3 is 2. The van der Waals surface area contributed by atoms with Gasteiger partial charge in [0, 0.05) is 44.0 Å². The SMILES string of the molecule is COc1cc(/C=C/c2ccc(OC(=O)c3ccc(CCN4CCOCC4)nc3)cc2)cc(OC)c1. The van der Waals surface area contributed by atoms with E-state index < -0.39 is 5.97 Å². The maximum absolute atomic E-state index is 12.5. The monoisotopic (exact) mass is 474 g/mol. The van der Waals surface area contributed by atoms with Gasteiger partial charge in [-0.25, -0.2) is 4.79 Å². The van der Waals surface area contributed by atoms with Crippen molar-refractivity contribution in [2.24, 2.45) is 0 Å².